The molecule has 3 aromatic rings. The summed E-state index contributed by atoms with van der Waals surface area (Å²) in [6.45, 7) is 1.89. The summed E-state index contributed by atoms with van der Waals surface area (Å²) in [5, 5.41) is 5.47. The van der Waals surface area contributed by atoms with E-state index in [0.717, 1.165) is 28.8 Å². The second kappa shape index (κ2) is 7.24. The van der Waals surface area contributed by atoms with Gasteiger partial charge in [0, 0.05) is 9.92 Å². The van der Waals surface area contributed by atoms with Crippen molar-refractivity contribution in [3.05, 3.63) is 70.8 Å². The summed E-state index contributed by atoms with van der Waals surface area (Å²) in [5.74, 6) is -2.50. The molecule has 27 heavy (non-hydrogen) atoms. The highest BCUT2D eigenvalue weighted by atomic mass is 35.5. The molecule has 0 atom stereocenters. The maximum absolute atomic E-state index is 14.1. The van der Waals surface area contributed by atoms with Crippen molar-refractivity contribution in [2.24, 2.45) is 5.14 Å². The van der Waals surface area contributed by atoms with Gasteiger partial charge in [-0.3, -0.25) is 0 Å². The summed E-state index contributed by atoms with van der Waals surface area (Å²) in [4.78, 5) is -0.577. The summed E-state index contributed by atoms with van der Waals surface area (Å²) < 4.78 is 50.8. The van der Waals surface area contributed by atoms with E-state index >= 15 is 0 Å². The molecule has 0 heterocycles. The molecule has 0 aliphatic rings. The maximum atomic E-state index is 14.1. The lowest BCUT2D eigenvalue weighted by molar-refractivity contribution is 0.520. The van der Waals surface area contributed by atoms with Gasteiger partial charge in [0.05, 0.1) is 0 Å². The quantitative estimate of drug-likeness (QED) is 0.567. The van der Waals surface area contributed by atoms with Gasteiger partial charge in [0.25, 0.3) is 0 Å². The Morgan fingerprint density at radius 3 is 2.04 bits per heavy atom. The zero-order valence-electron chi connectivity index (χ0n) is 14.0. The first kappa shape index (κ1) is 19.8. The summed E-state index contributed by atoms with van der Waals surface area (Å²) >= 11 is 10.6. The van der Waals surface area contributed by atoms with Crippen LogP contribution in [0.1, 0.15) is 5.56 Å². The average Bonchev–Trinajstić information content (AvgIpc) is 2.55. The first-order valence-corrected chi connectivity index (χ1v) is 10.1. The lowest BCUT2D eigenvalue weighted by atomic mass is 9.99. The van der Waals surface area contributed by atoms with Gasteiger partial charge in [-0.15, -0.1) is 12.6 Å². The van der Waals surface area contributed by atoms with Gasteiger partial charge in [0.2, 0.25) is 10.0 Å². The Kier molecular flexibility index (Phi) is 5.31. The monoisotopic (exact) mass is 425 g/mol. The molecule has 3 nitrogen and oxygen atoms in total. The van der Waals surface area contributed by atoms with E-state index in [4.69, 9.17) is 16.7 Å². The fourth-order valence-corrected chi connectivity index (χ4v) is 3.90. The van der Waals surface area contributed by atoms with Crippen LogP contribution in [0.15, 0.2) is 58.3 Å². The van der Waals surface area contributed by atoms with E-state index in [1.807, 2.05) is 25.1 Å². The molecule has 0 bridgehead atoms. The average molecular weight is 426 g/mol. The number of sulfonamides is 1. The minimum Gasteiger partial charge on any atom is -0.224 e. The second-order valence-electron chi connectivity index (χ2n) is 6.01. The van der Waals surface area contributed by atoms with Crippen molar-refractivity contribution < 1.29 is 17.2 Å². The smallest absolute Gasteiger partial charge is 0.224 e. The Balaban J connectivity index is 2.07. The van der Waals surface area contributed by atoms with E-state index in [0.29, 0.717) is 15.5 Å². The van der Waals surface area contributed by atoms with E-state index in [1.54, 1.807) is 18.2 Å². The van der Waals surface area contributed by atoms with Crippen LogP contribution < -0.4 is 5.14 Å². The summed E-state index contributed by atoms with van der Waals surface area (Å²) in [6, 6.07) is 12.5. The molecule has 0 radical (unpaired) electrons. The van der Waals surface area contributed by atoms with E-state index in [-0.39, 0.29) is 5.56 Å². The molecular formula is C19H14ClF2NO2S2. The van der Waals surface area contributed by atoms with Gasteiger partial charge in [0.1, 0.15) is 11.6 Å². The summed E-state index contributed by atoms with van der Waals surface area (Å²) in [5.41, 5.74) is 3.23. The number of thiol groups is 1. The number of rotatable bonds is 3. The first-order valence-electron chi connectivity index (χ1n) is 7.69. The lowest BCUT2D eigenvalue weighted by Crippen LogP contribution is -2.16. The fourth-order valence-electron chi connectivity index (χ4n) is 2.71. The third kappa shape index (κ3) is 4.01. The Bertz CT molecular complexity index is 1140. The molecule has 0 spiro atoms. The van der Waals surface area contributed by atoms with Crippen molar-refractivity contribution in [1.29, 1.82) is 0 Å². The molecule has 0 unspecified atom stereocenters. The maximum Gasteiger partial charge on any atom is 0.243 e. The van der Waals surface area contributed by atoms with Crippen molar-refractivity contribution in [1.82, 2.24) is 0 Å². The van der Waals surface area contributed by atoms with Gasteiger partial charge in [-0.1, -0.05) is 35.9 Å². The zero-order chi connectivity index (χ0) is 19.9. The Hall–Kier alpha value is -1.93. The topological polar surface area (TPSA) is 60.2 Å². The number of nitrogens with two attached hydrogens (primary N) is 1. The van der Waals surface area contributed by atoms with Gasteiger partial charge >= 0.3 is 0 Å². The first-order chi connectivity index (χ1) is 12.6. The molecule has 3 aromatic carbocycles. The minimum absolute atomic E-state index is 0.168. The van der Waals surface area contributed by atoms with Crippen LogP contribution in [0.2, 0.25) is 5.02 Å². The Labute approximate surface area is 166 Å². The van der Waals surface area contributed by atoms with E-state index in [9.17, 15) is 17.2 Å². The van der Waals surface area contributed by atoms with Crippen LogP contribution in [0.5, 0.6) is 0 Å². The van der Waals surface area contributed by atoms with Crippen molar-refractivity contribution in [2.75, 3.05) is 0 Å². The van der Waals surface area contributed by atoms with Crippen molar-refractivity contribution in [3.63, 3.8) is 0 Å². The number of primary sulfonamides is 1. The van der Waals surface area contributed by atoms with Crippen LogP contribution in [0.3, 0.4) is 0 Å². The Morgan fingerprint density at radius 2 is 1.52 bits per heavy atom. The molecule has 0 saturated heterocycles. The van der Waals surface area contributed by atoms with Crippen LogP contribution in [0.4, 0.5) is 8.78 Å². The molecule has 0 fully saturated rings. The van der Waals surface area contributed by atoms with Crippen LogP contribution in [0.25, 0.3) is 22.3 Å². The standard InChI is InChI=1S/C19H14ClF2NO2S2/c1-10-2-3-12(6-15(10)20)14-5-4-11(9-18(14)26)13-7-16(21)19(17(22)8-13)27(23,24)25/h2-9,26H,1H3,(H2,23,24,25). The Morgan fingerprint density at radius 1 is 0.926 bits per heavy atom. The van der Waals surface area contributed by atoms with Crippen molar-refractivity contribution >= 4 is 34.3 Å². The normalized spacial score (nSPS) is 11.6. The van der Waals surface area contributed by atoms with Crippen LogP contribution in [0, 0.1) is 18.6 Å². The van der Waals surface area contributed by atoms with Gasteiger partial charge in [-0.25, -0.2) is 22.3 Å². The van der Waals surface area contributed by atoms with Crippen molar-refractivity contribution in [3.8, 4) is 22.3 Å². The van der Waals surface area contributed by atoms with E-state index in [2.05, 4.69) is 12.6 Å². The molecule has 140 valence electrons. The minimum atomic E-state index is -4.50. The van der Waals surface area contributed by atoms with Gasteiger partial charge in [-0.2, -0.15) is 0 Å². The number of benzene rings is 3. The summed E-state index contributed by atoms with van der Waals surface area (Å²) in [6.07, 6.45) is 0. The molecule has 0 aliphatic carbocycles. The molecule has 3 rings (SSSR count). The molecule has 0 aromatic heterocycles. The SMILES string of the molecule is Cc1ccc(-c2ccc(-c3cc(F)c(S(N)(=O)=O)c(F)c3)cc2S)cc1Cl. The van der Waals surface area contributed by atoms with Crippen molar-refractivity contribution in [2.45, 2.75) is 16.7 Å². The molecule has 0 amide bonds. The van der Waals surface area contributed by atoms with E-state index < -0.39 is 26.6 Å². The number of hydrogen-bond acceptors (Lipinski definition) is 3. The molecule has 2 N–H and O–H groups in total. The highest BCUT2D eigenvalue weighted by Gasteiger charge is 2.21. The molecule has 0 saturated carbocycles. The number of hydrogen-bond donors (Lipinski definition) is 2. The third-order valence-electron chi connectivity index (χ3n) is 4.10. The number of aryl methyl sites for hydroxylation is 1. The molecule has 8 heteroatoms. The van der Waals surface area contributed by atoms with Gasteiger partial charge in [-0.05, 0) is 59.0 Å². The van der Waals surface area contributed by atoms with Crippen LogP contribution in [-0.2, 0) is 10.0 Å². The predicted octanol–water partition coefficient (Wildman–Crippen LogP) is 5.20. The molecular weight excluding hydrogens is 412 g/mol. The van der Waals surface area contributed by atoms with Crippen LogP contribution in [-0.4, -0.2) is 8.42 Å². The van der Waals surface area contributed by atoms with Gasteiger partial charge < -0.3 is 0 Å². The van der Waals surface area contributed by atoms with Gasteiger partial charge in [0.15, 0.2) is 4.90 Å². The highest BCUT2D eigenvalue weighted by molar-refractivity contribution is 7.89. The second-order valence-corrected chi connectivity index (χ2v) is 8.40. The molecule has 0 aliphatic heterocycles. The fraction of sp³-hybridized carbons (Fsp3) is 0.0526. The van der Waals surface area contributed by atoms with E-state index in [1.165, 1.54) is 0 Å². The largest absolute Gasteiger partial charge is 0.243 e. The van der Waals surface area contributed by atoms with Crippen LogP contribution >= 0.6 is 24.2 Å². The summed E-state index contributed by atoms with van der Waals surface area (Å²) in [7, 11) is -4.50. The predicted molar refractivity (Wildman–Crippen MR) is 106 cm³/mol. The highest BCUT2D eigenvalue weighted by Crippen LogP contribution is 2.34. The zero-order valence-corrected chi connectivity index (χ0v) is 16.5. The third-order valence-corrected chi connectivity index (χ3v) is 5.83. The lowest BCUT2D eigenvalue weighted by Gasteiger charge is -2.11. The number of halogens is 3.